The minimum atomic E-state index is -0.521. The molecular weight excluding hydrogens is 359 g/mol. The molecular formula is C19H24ClFN2O3. The van der Waals surface area contributed by atoms with E-state index in [1.165, 1.54) is 10.9 Å². The number of hydrogen-bond acceptors (Lipinski definition) is 4. The predicted molar refractivity (Wildman–Crippen MR) is 100.0 cm³/mol. The molecule has 0 amide bonds. The Kier molecular flexibility index (Phi) is 6.64. The summed E-state index contributed by atoms with van der Waals surface area (Å²) < 4.78 is 25.2. The van der Waals surface area contributed by atoms with Gasteiger partial charge < -0.3 is 9.47 Å². The van der Waals surface area contributed by atoms with Crippen molar-refractivity contribution in [2.45, 2.75) is 52.4 Å². The third kappa shape index (κ3) is 4.97. The largest absolute Gasteiger partial charge is 0.488 e. The summed E-state index contributed by atoms with van der Waals surface area (Å²) in [4.78, 5) is 12.3. The molecule has 0 radical (unpaired) electrons. The van der Waals surface area contributed by atoms with Crippen molar-refractivity contribution in [2.75, 3.05) is 6.67 Å². The third-order valence-corrected chi connectivity index (χ3v) is 4.12. The summed E-state index contributed by atoms with van der Waals surface area (Å²) in [6.45, 7) is 7.18. The number of benzene rings is 1. The number of ether oxygens (including phenoxy) is 2. The maximum absolute atomic E-state index is 12.7. The Hall–Kier alpha value is -2.08. The van der Waals surface area contributed by atoms with E-state index in [9.17, 15) is 9.18 Å². The highest BCUT2D eigenvalue weighted by molar-refractivity contribution is 6.31. The molecule has 1 aromatic carbocycles. The number of alkyl halides is 1. The Balaban J connectivity index is 2.05. The van der Waals surface area contributed by atoms with E-state index in [1.54, 1.807) is 12.1 Å². The van der Waals surface area contributed by atoms with Gasteiger partial charge in [0.05, 0.1) is 11.7 Å². The van der Waals surface area contributed by atoms with Crippen molar-refractivity contribution in [1.29, 1.82) is 0 Å². The topological polar surface area (TPSA) is 53.4 Å². The van der Waals surface area contributed by atoms with E-state index < -0.39 is 23.9 Å². The first-order valence-corrected chi connectivity index (χ1v) is 8.86. The molecule has 0 fully saturated rings. The molecule has 1 atom stereocenters. The van der Waals surface area contributed by atoms with Crippen LogP contribution in [0.1, 0.15) is 39.7 Å². The lowest BCUT2D eigenvalue weighted by Crippen LogP contribution is -2.36. The van der Waals surface area contributed by atoms with Gasteiger partial charge in [-0.05, 0) is 44.9 Å². The van der Waals surface area contributed by atoms with Gasteiger partial charge in [0.15, 0.2) is 10.8 Å². The zero-order chi connectivity index (χ0) is 19.3. The van der Waals surface area contributed by atoms with E-state index in [4.69, 9.17) is 21.1 Å². The number of aromatic nitrogens is 2. The number of halogens is 2. The number of nitrogens with zero attached hydrogens (tertiary/aromatic N) is 2. The van der Waals surface area contributed by atoms with Crippen LogP contribution in [0.25, 0.3) is 0 Å². The van der Waals surface area contributed by atoms with Crippen molar-refractivity contribution in [3.63, 3.8) is 0 Å². The van der Waals surface area contributed by atoms with Gasteiger partial charge in [0.25, 0.3) is 5.56 Å². The standard InChI is InChI=1S/C19H24ClFN2O3/c1-5-14(10-21)26-15-8-6-13(7-9-15)12-25-16-11-22-23(19(2,3)4)18(24)17(16)20/h6-9,11,14H,5,10,12H2,1-4H3. The summed E-state index contributed by atoms with van der Waals surface area (Å²) in [6.07, 6.45) is 1.61. The Labute approximate surface area is 157 Å². The second kappa shape index (κ2) is 8.54. The van der Waals surface area contributed by atoms with Crippen LogP contribution in [0.15, 0.2) is 35.3 Å². The molecule has 0 aliphatic rings. The van der Waals surface area contributed by atoms with E-state index in [2.05, 4.69) is 5.10 Å². The summed E-state index contributed by atoms with van der Waals surface area (Å²) in [6, 6.07) is 7.15. The summed E-state index contributed by atoms with van der Waals surface area (Å²) in [5.41, 5.74) is 0.00404. The predicted octanol–water partition coefficient (Wildman–Crippen LogP) is 4.36. The lowest BCUT2D eigenvalue weighted by Gasteiger charge is -2.21. The Morgan fingerprint density at radius 3 is 2.46 bits per heavy atom. The summed E-state index contributed by atoms with van der Waals surface area (Å²) in [7, 11) is 0. The third-order valence-electron chi connectivity index (χ3n) is 3.77. The van der Waals surface area contributed by atoms with Crippen LogP contribution in [0.4, 0.5) is 4.39 Å². The molecule has 2 aromatic rings. The maximum Gasteiger partial charge on any atom is 0.289 e. The molecule has 0 saturated carbocycles. The Morgan fingerprint density at radius 2 is 1.92 bits per heavy atom. The van der Waals surface area contributed by atoms with Crippen LogP contribution in [0.3, 0.4) is 0 Å². The van der Waals surface area contributed by atoms with Gasteiger partial charge in [-0.2, -0.15) is 5.10 Å². The second-order valence-corrected chi connectivity index (χ2v) is 7.32. The van der Waals surface area contributed by atoms with Crippen LogP contribution < -0.4 is 15.0 Å². The van der Waals surface area contributed by atoms with Gasteiger partial charge in [-0.25, -0.2) is 9.07 Å². The first kappa shape index (κ1) is 20.2. The van der Waals surface area contributed by atoms with Crippen molar-refractivity contribution in [3.05, 3.63) is 51.4 Å². The molecule has 2 rings (SSSR count). The van der Waals surface area contributed by atoms with Gasteiger partial charge >= 0.3 is 0 Å². The smallest absolute Gasteiger partial charge is 0.289 e. The minimum Gasteiger partial charge on any atom is -0.488 e. The highest BCUT2D eigenvalue weighted by atomic mass is 35.5. The van der Waals surface area contributed by atoms with Crippen molar-refractivity contribution in [3.8, 4) is 11.5 Å². The highest BCUT2D eigenvalue weighted by Gasteiger charge is 2.20. The first-order chi connectivity index (χ1) is 12.3. The van der Waals surface area contributed by atoms with Crippen LogP contribution >= 0.6 is 11.6 Å². The van der Waals surface area contributed by atoms with Gasteiger partial charge in [0.1, 0.15) is 25.1 Å². The van der Waals surface area contributed by atoms with Gasteiger partial charge in [0, 0.05) is 0 Å². The van der Waals surface area contributed by atoms with E-state index >= 15 is 0 Å². The molecule has 5 nitrogen and oxygen atoms in total. The van der Waals surface area contributed by atoms with Crippen molar-refractivity contribution in [1.82, 2.24) is 9.78 Å². The molecule has 7 heteroatoms. The fraction of sp³-hybridized carbons (Fsp3) is 0.474. The molecule has 1 aromatic heterocycles. The molecule has 1 heterocycles. The molecule has 0 N–H and O–H groups in total. The lowest BCUT2D eigenvalue weighted by atomic mass is 10.1. The van der Waals surface area contributed by atoms with Crippen LogP contribution in [-0.2, 0) is 12.1 Å². The first-order valence-electron chi connectivity index (χ1n) is 8.49. The van der Waals surface area contributed by atoms with Crippen LogP contribution in [0, 0.1) is 0 Å². The highest BCUT2D eigenvalue weighted by Crippen LogP contribution is 2.22. The molecule has 26 heavy (non-hydrogen) atoms. The van der Waals surface area contributed by atoms with Crippen LogP contribution in [-0.4, -0.2) is 22.6 Å². The zero-order valence-electron chi connectivity index (χ0n) is 15.5. The van der Waals surface area contributed by atoms with Gasteiger partial charge in [-0.1, -0.05) is 30.7 Å². The van der Waals surface area contributed by atoms with E-state index in [0.717, 1.165) is 5.56 Å². The van der Waals surface area contributed by atoms with E-state index in [1.807, 2.05) is 39.8 Å². The molecule has 1 unspecified atom stereocenters. The molecule has 0 bridgehead atoms. The summed E-state index contributed by atoms with van der Waals surface area (Å²) in [5, 5.41) is 4.13. The normalized spacial score (nSPS) is 12.7. The Bertz CT molecular complexity index is 781. The van der Waals surface area contributed by atoms with Crippen molar-refractivity contribution >= 4 is 11.6 Å². The van der Waals surface area contributed by atoms with Gasteiger partial charge in [-0.3, -0.25) is 4.79 Å². The van der Waals surface area contributed by atoms with E-state index in [0.29, 0.717) is 12.2 Å². The quantitative estimate of drug-likeness (QED) is 0.714. The zero-order valence-corrected chi connectivity index (χ0v) is 16.2. The molecule has 0 spiro atoms. The molecule has 142 valence electrons. The average molecular weight is 383 g/mol. The fourth-order valence-electron chi connectivity index (χ4n) is 2.24. The summed E-state index contributed by atoms with van der Waals surface area (Å²) >= 11 is 6.13. The molecule has 0 aliphatic carbocycles. The van der Waals surface area contributed by atoms with Gasteiger partial charge in [-0.15, -0.1) is 0 Å². The van der Waals surface area contributed by atoms with Crippen molar-refractivity contribution < 1.29 is 13.9 Å². The monoisotopic (exact) mass is 382 g/mol. The second-order valence-electron chi connectivity index (χ2n) is 6.95. The fourth-order valence-corrected chi connectivity index (χ4v) is 2.42. The van der Waals surface area contributed by atoms with Gasteiger partial charge in [0.2, 0.25) is 0 Å². The number of rotatable bonds is 7. The van der Waals surface area contributed by atoms with Crippen LogP contribution in [0.2, 0.25) is 5.02 Å². The minimum absolute atomic E-state index is 0.00334. The SMILES string of the molecule is CCC(CF)Oc1ccc(COc2cnn(C(C)(C)C)c(=O)c2Cl)cc1. The summed E-state index contributed by atoms with van der Waals surface area (Å²) in [5.74, 6) is 0.840. The Morgan fingerprint density at radius 1 is 1.27 bits per heavy atom. The van der Waals surface area contributed by atoms with E-state index in [-0.39, 0.29) is 17.4 Å². The van der Waals surface area contributed by atoms with Crippen LogP contribution in [0.5, 0.6) is 11.5 Å². The lowest BCUT2D eigenvalue weighted by molar-refractivity contribution is 0.160. The number of hydrogen-bond donors (Lipinski definition) is 0. The van der Waals surface area contributed by atoms with Crippen molar-refractivity contribution in [2.24, 2.45) is 0 Å². The average Bonchev–Trinajstić information content (AvgIpc) is 2.61. The molecule has 0 saturated heterocycles. The molecule has 0 aliphatic heterocycles. The maximum atomic E-state index is 12.7.